The Labute approximate surface area is 175 Å². The average molecular weight is 416 g/mol. The molecule has 0 bridgehead atoms. The third kappa shape index (κ3) is 4.19. The highest BCUT2D eigenvalue weighted by molar-refractivity contribution is 5.95. The van der Waals surface area contributed by atoms with Crippen LogP contribution in [0.2, 0.25) is 0 Å². The van der Waals surface area contributed by atoms with E-state index in [1.54, 1.807) is 24.3 Å². The SMILES string of the molecule is Cc1ccc2c(Nc3ncnc(NNC(=O)c4ccccn4)c3[N+](=O)[O-])cccc2n1. The molecule has 3 N–H and O–H groups in total. The summed E-state index contributed by atoms with van der Waals surface area (Å²) in [5.74, 6) is -0.790. The van der Waals surface area contributed by atoms with Gasteiger partial charge in [0.1, 0.15) is 12.0 Å². The van der Waals surface area contributed by atoms with E-state index in [4.69, 9.17) is 0 Å². The molecule has 0 atom stereocenters. The van der Waals surface area contributed by atoms with E-state index in [2.05, 4.69) is 36.1 Å². The second-order valence-corrected chi connectivity index (χ2v) is 6.42. The van der Waals surface area contributed by atoms with Gasteiger partial charge >= 0.3 is 5.69 Å². The number of aryl methyl sites for hydroxylation is 1. The first-order valence-electron chi connectivity index (χ1n) is 9.13. The highest BCUT2D eigenvalue weighted by atomic mass is 16.6. The van der Waals surface area contributed by atoms with Crippen molar-refractivity contribution in [2.24, 2.45) is 0 Å². The second kappa shape index (κ2) is 8.37. The van der Waals surface area contributed by atoms with Crippen LogP contribution < -0.4 is 16.2 Å². The molecule has 4 aromatic rings. The molecule has 154 valence electrons. The van der Waals surface area contributed by atoms with Crippen LogP contribution in [-0.4, -0.2) is 30.8 Å². The summed E-state index contributed by atoms with van der Waals surface area (Å²) in [5, 5.41) is 15.5. The van der Waals surface area contributed by atoms with Crippen molar-refractivity contribution in [2.75, 3.05) is 10.7 Å². The van der Waals surface area contributed by atoms with Crippen molar-refractivity contribution in [1.82, 2.24) is 25.4 Å². The van der Waals surface area contributed by atoms with Crippen molar-refractivity contribution in [2.45, 2.75) is 6.92 Å². The van der Waals surface area contributed by atoms with Crippen molar-refractivity contribution in [3.8, 4) is 0 Å². The molecule has 0 spiro atoms. The molecule has 31 heavy (non-hydrogen) atoms. The van der Waals surface area contributed by atoms with Crippen molar-refractivity contribution in [3.63, 3.8) is 0 Å². The number of carbonyl (C=O) groups excluding carboxylic acids is 1. The van der Waals surface area contributed by atoms with Gasteiger partial charge in [-0.25, -0.2) is 9.97 Å². The quantitative estimate of drug-likeness (QED) is 0.318. The molecule has 1 aromatic carbocycles. The molecule has 0 aliphatic carbocycles. The van der Waals surface area contributed by atoms with Crippen LogP contribution in [0.4, 0.5) is 23.0 Å². The number of nitrogens with one attached hydrogen (secondary N) is 3. The fraction of sp³-hybridized carbons (Fsp3) is 0.0500. The number of hydrazine groups is 1. The molecule has 1 amide bonds. The van der Waals surface area contributed by atoms with Crippen LogP contribution in [0.25, 0.3) is 10.9 Å². The summed E-state index contributed by atoms with van der Waals surface area (Å²) in [7, 11) is 0. The molecular weight excluding hydrogens is 400 g/mol. The van der Waals surface area contributed by atoms with Crippen LogP contribution in [0.1, 0.15) is 16.2 Å². The minimum atomic E-state index is -0.634. The Hall–Kier alpha value is -4.67. The average Bonchev–Trinajstić information content (AvgIpc) is 2.78. The molecule has 3 heterocycles. The van der Waals surface area contributed by atoms with Crippen LogP contribution >= 0.6 is 0 Å². The monoisotopic (exact) mass is 416 g/mol. The van der Waals surface area contributed by atoms with E-state index in [1.807, 2.05) is 25.1 Å². The molecule has 11 heteroatoms. The minimum Gasteiger partial charge on any atom is -0.334 e. The first-order chi connectivity index (χ1) is 15.0. The zero-order valence-corrected chi connectivity index (χ0v) is 16.2. The summed E-state index contributed by atoms with van der Waals surface area (Å²) in [6, 6.07) is 14.0. The molecular formula is C20H16N8O3. The molecule has 4 rings (SSSR count). The number of hydrogen-bond acceptors (Lipinski definition) is 9. The number of pyridine rings is 2. The maximum absolute atomic E-state index is 12.2. The van der Waals surface area contributed by atoms with Gasteiger partial charge in [0.05, 0.1) is 10.4 Å². The molecule has 0 fully saturated rings. The van der Waals surface area contributed by atoms with Gasteiger partial charge in [-0.15, -0.1) is 0 Å². The number of hydrogen-bond donors (Lipinski definition) is 3. The van der Waals surface area contributed by atoms with E-state index >= 15 is 0 Å². The van der Waals surface area contributed by atoms with Crippen LogP contribution in [0.5, 0.6) is 0 Å². The number of benzene rings is 1. The van der Waals surface area contributed by atoms with E-state index in [1.165, 1.54) is 12.3 Å². The summed E-state index contributed by atoms with van der Waals surface area (Å²) < 4.78 is 0. The Kier molecular flexibility index (Phi) is 5.30. The van der Waals surface area contributed by atoms with Gasteiger partial charge in [0.15, 0.2) is 0 Å². The summed E-state index contributed by atoms with van der Waals surface area (Å²) in [6.07, 6.45) is 2.61. The number of aromatic nitrogens is 4. The summed E-state index contributed by atoms with van der Waals surface area (Å²) in [4.78, 5) is 39.6. The van der Waals surface area contributed by atoms with Crippen molar-refractivity contribution in [1.29, 1.82) is 0 Å². The van der Waals surface area contributed by atoms with Crippen LogP contribution in [0.15, 0.2) is 61.1 Å². The first-order valence-corrected chi connectivity index (χ1v) is 9.13. The highest BCUT2D eigenvalue weighted by Crippen LogP contribution is 2.33. The molecule has 0 saturated carbocycles. The van der Waals surface area contributed by atoms with E-state index in [9.17, 15) is 14.9 Å². The number of carbonyl (C=O) groups is 1. The largest absolute Gasteiger partial charge is 0.355 e. The molecule has 0 aliphatic rings. The maximum Gasteiger partial charge on any atom is 0.355 e. The maximum atomic E-state index is 12.2. The van der Waals surface area contributed by atoms with Crippen molar-refractivity contribution >= 4 is 39.8 Å². The van der Waals surface area contributed by atoms with Crippen molar-refractivity contribution in [3.05, 3.63) is 82.6 Å². The Morgan fingerprint density at radius 2 is 1.84 bits per heavy atom. The lowest BCUT2D eigenvalue weighted by atomic mass is 10.1. The molecule has 0 radical (unpaired) electrons. The summed E-state index contributed by atoms with van der Waals surface area (Å²) in [5.41, 5.74) is 6.73. The van der Waals surface area contributed by atoms with E-state index in [0.717, 1.165) is 22.9 Å². The lowest BCUT2D eigenvalue weighted by Gasteiger charge is -2.12. The Bertz CT molecular complexity index is 1280. The fourth-order valence-electron chi connectivity index (χ4n) is 2.91. The summed E-state index contributed by atoms with van der Waals surface area (Å²) in [6.45, 7) is 1.88. The van der Waals surface area contributed by atoms with Gasteiger partial charge in [-0.1, -0.05) is 12.1 Å². The number of fused-ring (bicyclic) bond motifs is 1. The van der Waals surface area contributed by atoms with E-state index in [-0.39, 0.29) is 17.3 Å². The zero-order valence-electron chi connectivity index (χ0n) is 16.2. The standard InChI is InChI=1S/C20H16N8O3/c1-12-8-9-13-14(24-12)6-4-7-15(13)25-18-17(28(30)31)19(23-11-22-18)26-27-20(29)16-5-2-3-10-21-16/h2-11H,1H3,(H,27,29)(H2,22,23,25,26). The van der Waals surface area contributed by atoms with Gasteiger partial charge in [0.25, 0.3) is 5.91 Å². The third-order valence-electron chi connectivity index (χ3n) is 4.32. The van der Waals surface area contributed by atoms with E-state index < -0.39 is 16.5 Å². The number of nitrogens with zero attached hydrogens (tertiary/aromatic N) is 5. The molecule has 0 aliphatic heterocycles. The van der Waals surface area contributed by atoms with E-state index in [0.29, 0.717) is 5.69 Å². The normalized spacial score (nSPS) is 10.5. The Balaban J connectivity index is 1.64. The molecule has 0 unspecified atom stereocenters. The van der Waals surface area contributed by atoms with Crippen LogP contribution in [0, 0.1) is 17.0 Å². The van der Waals surface area contributed by atoms with Gasteiger partial charge in [0, 0.05) is 23.0 Å². The fourth-order valence-corrected chi connectivity index (χ4v) is 2.91. The lowest BCUT2D eigenvalue weighted by molar-refractivity contribution is -0.383. The highest BCUT2D eigenvalue weighted by Gasteiger charge is 2.24. The first kappa shape index (κ1) is 19.6. The number of anilines is 3. The smallest absolute Gasteiger partial charge is 0.334 e. The van der Waals surface area contributed by atoms with Crippen molar-refractivity contribution < 1.29 is 9.72 Å². The molecule has 3 aromatic heterocycles. The topological polar surface area (TPSA) is 148 Å². The number of nitro groups is 1. The molecule has 0 saturated heterocycles. The third-order valence-corrected chi connectivity index (χ3v) is 4.32. The Morgan fingerprint density at radius 3 is 2.61 bits per heavy atom. The van der Waals surface area contributed by atoms with Gasteiger partial charge in [-0.3, -0.25) is 35.7 Å². The zero-order chi connectivity index (χ0) is 21.8. The molecule has 11 nitrogen and oxygen atoms in total. The van der Waals surface area contributed by atoms with Gasteiger partial charge < -0.3 is 5.32 Å². The van der Waals surface area contributed by atoms with Crippen LogP contribution in [0.3, 0.4) is 0 Å². The van der Waals surface area contributed by atoms with Gasteiger partial charge in [0.2, 0.25) is 11.6 Å². The summed E-state index contributed by atoms with van der Waals surface area (Å²) >= 11 is 0. The second-order valence-electron chi connectivity index (χ2n) is 6.42. The minimum absolute atomic E-state index is 0.0392. The lowest BCUT2D eigenvalue weighted by Crippen LogP contribution is -2.31. The Morgan fingerprint density at radius 1 is 1.00 bits per heavy atom. The predicted molar refractivity (Wildman–Crippen MR) is 114 cm³/mol. The van der Waals surface area contributed by atoms with Gasteiger partial charge in [-0.05, 0) is 43.3 Å². The van der Waals surface area contributed by atoms with Gasteiger partial charge in [-0.2, -0.15) is 0 Å². The van der Waals surface area contributed by atoms with Crippen LogP contribution in [-0.2, 0) is 0 Å². The predicted octanol–water partition coefficient (Wildman–Crippen LogP) is 3.14. The number of amides is 1. The number of rotatable bonds is 6.